The molecule has 1 aromatic heterocycles. The number of nitrogens with one attached hydrogen (secondary N) is 3. The molecule has 150 valence electrons. The zero-order valence-corrected chi connectivity index (χ0v) is 15.0. The molecule has 0 bridgehead atoms. The second-order valence-corrected chi connectivity index (χ2v) is 6.22. The third-order valence-electron chi connectivity index (χ3n) is 4.04. The number of rotatable bonds is 10. The van der Waals surface area contributed by atoms with Crippen LogP contribution in [0.2, 0.25) is 0 Å². The number of hydrogen-bond acceptors (Lipinski definition) is 6. The van der Waals surface area contributed by atoms with Crippen LogP contribution in [0, 0.1) is 0 Å². The number of H-pyrrole nitrogens is 1. The summed E-state index contributed by atoms with van der Waals surface area (Å²) in [5.41, 5.74) is 7.38. The molecule has 2 aromatic rings. The molecule has 0 saturated carbocycles. The maximum absolute atomic E-state index is 12.5. The smallest absolute Gasteiger partial charge is 0.328 e. The van der Waals surface area contributed by atoms with Crippen molar-refractivity contribution in [3.05, 3.63) is 54.1 Å². The molecular weight excluding hydrogens is 366 g/mol. The molecule has 10 nitrogen and oxygen atoms in total. The van der Waals surface area contributed by atoms with Gasteiger partial charge in [-0.1, -0.05) is 30.3 Å². The van der Waals surface area contributed by atoms with E-state index in [-0.39, 0.29) is 12.8 Å². The standard InChI is InChI=1S/C18H23N5O5/c19-13(6-11-4-2-1-3-5-11)16(25)22-14(7-12-8-20-10-21-12)17(26)23-15(9-24)18(27)28/h1-5,8,10,13-15,24H,6-7,9,19H2,(H,20,21)(H,22,25)(H,23,26)(H,27,28). The van der Waals surface area contributed by atoms with E-state index in [4.69, 9.17) is 15.9 Å². The minimum atomic E-state index is -1.48. The number of hydrogen-bond donors (Lipinski definition) is 6. The number of aliphatic hydroxyl groups excluding tert-OH is 1. The van der Waals surface area contributed by atoms with Crippen LogP contribution in [0.1, 0.15) is 11.3 Å². The van der Waals surface area contributed by atoms with Gasteiger partial charge >= 0.3 is 5.97 Å². The second-order valence-electron chi connectivity index (χ2n) is 6.22. The summed E-state index contributed by atoms with van der Waals surface area (Å²) in [6, 6.07) is 5.70. The van der Waals surface area contributed by atoms with Gasteiger partial charge in [-0.3, -0.25) is 9.59 Å². The summed E-state index contributed by atoms with van der Waals surface area (Å²) < 4.78 is 0. The SMILES string of the molecule is NC(Cc1ccccc1)C(=O)NC(Cc1cnc[nH]1)C(=O)NC(CO)C(=O)O. The van der Waals surface area contributed by atoms with Crippen LogP contribution in [0.3, 0.4) is 0 Å². The van der Waals surface area contributed by atoms with Crippen molar-refractivity contribution in [1.82, 2.24) is 20.6 Å². The summed E-state index contributed by atoms with van der Waals surface area (Å²) in [5.74, 6) is -2.70. The van der Waals surface area contributed by atoms with Gasteiger partial charge in [-0.25, -0.2) is 9.78 Å². The number of aliphatic hydroxyl groups is 1. The summed E-state index contributed by atoms with van der Waals surface area (Å²) >= 11 is 0. The molecule has 3 unspecified atom stereocenters. The van der Waals surface area contributed by atoms with E-state index in [9.17, 15) is 14.4 Å². The molecule has 28 heavy (non-hydrogen) atoms. The van der Waals surface area contributed by atoms with E-state index in [0.29, 0.717) is 5.69 Å². The number of imidazole rings is 1. The fraction of sp³-hybridized carbons (Fsp3) is 0.333. The molecule has 0 aliphatic rings. The van der Waals surface area contributed by atoms with Crippen molar-refractivity contribution in [3.8, 4) is 0 Å². The summed E-state index contributed by atoms with van der Waals surface area (Å²) in [7, 11) is 0. The molecule has 10 heteroatoms. The van der Waals surface area contributed by atoms with Crippen LogP contribution in [-0.4, -0.2) is 62.7 Å². The highest BCUT2D eigenvalue weighted by Gasteiger charge is 2.28. The van der Waals surface area contributed by atoms with Crippen LogP contribution >= 0.6 is 0 Å². The fourth-order valence-electron chi connectivity index (χ4n) is 2.52. The van der Waals surface area contributed by atoms with Crippen molar-refractivity contribution in [2.24, 2.45) is 5.73 Å². The van der Waals surface area contributed by atoms with Gasteiger partial charge < -0.3 is 31.6 Å². The van der Waals surface area contributed by atoms with Crippen LogP contribution in [0.4, 0.5) is 0 Å². The fourth-order valence-corrected chi connectivity index (χ4v) is 2.52. The van der Waals surface area contributed by atoms with Gasteiger partial charge in [0.2, 0.25) is 11.8 Å². The number of nitrogens with two attached hydrogens (primary N) is 1. The van der Waals surface area contributed by atoms with Gasteiger partial charge in [0, 0.05) is 18.3 Å². The molecule has 7 N–H and O–H groups in total. The van der Waals surface area contributed by atoms with Gasteiger partial charge in [0.15, 0.2) is 0 Å². The van der Waals surface area contributed by atoms with E-state index in [1.807, 2.05) is 30.3 Å². The predicted octanol–water partition coefficient (Wildman–Crippen LogP) is -1.43. The zero-order chi connectivity index (χ0) is 20.5. The predicted molar refractivity (Wildman–Crippen MR) is 99.0 cm³/mol. The molecule has 1 aromatic carbocycles. The van der Waals surface area contributed by atoms with Gasteiger partial charge in [-0.15, -0.1) is 0 Å². The molecule has 0 radical (unpaired) electrons. The van der Waals surface area contributed by atoms with Gasteiger partial charge in [0.25, 0.3) is 0 Å². The van der Waals surface area contributed by atoms with Crippen molar-refractivity contribution < 1.29 is 24.6 Å². The summed E-state index contributed by atoms with van der Waals surface area (Å²) in [6.07, 6.45) is 3.23. The first-order valence-corrected chi connectivity index (χ1v) is 8.62. The van der Waals surface area contributed by atoms with E-state index in [1.54, 1.807) is 0 Å². The Balaban J connectivity index is 2.06. The molecule has 0 aliphatic heterocycles. The number of carbonyl (C=O) groups excluding carboxylic acids is 2. The minimum absolute atomic E-state index is 0.0490. The molecule has 3 atom stereocenters. The minimum Gasteiger partial charge on any atom is -0.480 e. The Hall–Kier alpha value is -3.24. The first-order valence-electron chi connectivity index (χ1n) is 8.62. The average Bonchev–Trinajstić information content (AvgIpc) is 3.18. The monoisotopic (exact) mass is 389 g/mol. The highest BCUT2D eigenvalue weighted by atomic mass is 16.4. The van der Waals surface area contributed by atoms with E-state index >= 15 is 0 Å². The maximum Gasteiger partial charge on any atom is 0.328 e. The van der Waals surface area contributed by atoms with Crippen LogP contribution in [0.15, 0.2) is 42.9 Å². The third kappa shape index (κ3) is 6.18. The highest BCUT2D eigenvalue weighted by Crippen LogP contribution is 2.04. The topological polar surface area (TPSA) is 170 Å². The number of aromatic nitrogens is 2. The molecule has 0 fully saturated rings. The Bertz CT molecular complexity index is 781. The van der Waals surface area contributed by atoms with Gasteiger partial charge in [-0.2, -0.15) is 0 Å². The number of aromatic amines is 1. The van der Waals surface area contributed by atoms with Crippen molar-refractivity contribution in [2.45, 2.75) is 31.0 Å². The second kappa shape index (κ2) is 10.2. The van der Waals surface area contributed by atoms with Crippen molar-refractivity contribution >= 4 is 17.8 Å². The largest absolute Gasteiger partial charge is 0.480 e. The number of amides is 2. The lowest BCUT2D eigenvalue weighted by Gasteiger charge is -2.22. The average molecular weight is 389 g/mol. The molecule has 0 spiro atoms. The number of carboxylic acids is 1. The Kier molecular flexibility index (Phi) is 7.66. The Morgan fingerprint density at radius 2 is 1.75 bits per heavy atom. The van der Waals surface area contributed by atoms with Gasteiger partial charge in [-0.05, 0) is 12.0 Å². The maximum atomic E-state index is 12.5. The van der Waals surface area contributed by atoms with Crippen molar-refractivity contribution in [1.29, 1.82) is 0 Å². The lowest BCUT2D eigenvalue weighted by molar-refractivity contribution is -0.143. The number of carbonyl (C=O) groups is 3. The van der Waals surface area contributed by atoms with Crippen molar-refractivity contribution in [2.75, 3.05) is 6.61 Å². The van der Waals surface area contributed by atoms with Crippen LogP contribution in [-0.2, 0) is 27.2 Å². The quantitative estimate of drug-likeness (QED) is 0.289. The molecule has 1 heterocycles. The molecule has 2 amide bonds. The highest BCUT2D eigenvalue weighted by molar-refractivity contribution is 5.92. The first kappa shape index (κ1) is 21.1. The molecule has 2 rings (SSSR count). The zero-order valence-electron chi connectivity index (χ0n) is 15.0. The number of carboxylic acid groups (broad SMARTS) is 1. The summed E-state index contributed by atoms with van der Waals surface area (Å²) in [5, 5.41) is 22.8. The first-order chi connectivity index (χ1) is 13.4. The molecule has 0 aliphatic carbocycles. The Morgan fingerprint density at radius 3 is 2.32 bits per heavy atom. The number of benzene rings is 1. The Labute approximate surface area is 161 Å². The third-order valence-corrected chi connectivity index (χ3v) is 4.04. The van der Waals surface area contributed by atoms with E-state index in [2.05, 4.69) is 20.6 Å². The summed E-state index contributed by atoms with van der Waals surface area (Å²) in [6.45, 7) is -0.778. The van der Waals surface area contributed by atoms with E-state index in [1.165, 1.54) is 12.5 Å². The number of nitrogens with zero attached hydrogens (tertiary/aromatic N) is 1. The van der Waals surface area contributed by atoms with Gasteiger partial charge in [0.05, 0.1) is 19.0 Å². The van der Waals surface area contributed by atoms with Crippen molar-refractivity contribution in [3.63, 3.8) is 0 Å². The number of aliphatic carboxylic acids is 1. The Morgan fingerprint density at radius 1 is 1.07 bits per heavy atom. The van der Waals surface area contributed by atoms with E-state index < -0.39 is 42.5 Å². The summed E-state index contributed by atoms with van der Waals surface area (Å²) in [4.78, 5) is 42.7. The molecule has 0 saturated heterocycles. The van der Waals surface area contributed by atoms with E-state index in [0.717, 1.165) is 5.56 Å². The van der Waals surface area contributed by atoms with Crippen LogP contribution in [0.5, 0.6) is 0 Å². The van der Waals surface area contributed by atoms with Crippen LogP contribution < -0.4 is 16.4 Å². The van der Waals surface area contributed by atoms with Gasteiger partial charge in [0.1, 0.15) is 12.1 Å². The molecular formula is C18H23N5O5. The van der Waals surface area contributed by atoms with Crippen LogP contribution in [0.25, 0.3) is 0 Å². The lowest BCUT2D eigenvalue weighted by Crippen LogP contribution is -2.56. The lowest BCUT2D eigenvalue weighted by atomic mass is 10.0. The normalized spacial score (nSPS) is 13.9.